The Morgan fingerprint density at radius 1 is 1.00 bits per heavy atom. The van der Waals surface area contributed by atoms with E-state index in [1.807, 2.05) is 30.4 Å². The van der Waals surface area contributed by atoms with Gasteiger partial charge in [-0.1, -0.05) is 99.7 Å². The molecule has 1 aliphatic heterocycles. The second-order valence-corrected chi connectivity index (χ2v) is 12.9. The Bertz CT molecular complexity index is 771. The van der Waals surface area contributed by atoms with Crippen LogP contribution in [0, 0.1) is 0 Å². The number of aliphatic hydroxyl groups is 1. The summed E-state index contributed by atoms with van der Waals surface area (Å²) in [5.74, 6) is 0. The maximum Gasteiger partial charge on any atom is 0.261 e. The summed E-state index contributed by atoms with van der Waals surface area (Å²) < 4.78 is 13.0. The Labute approximate surface area is 175 Å². The lowest BCUT2D eigenvalue weighted by atomic mass is 10.1. The van der Waals surface area contributed by atoms with Gasteiger partial charge in [0.05, 0.1) is 12.7 Å². The number of hydrogen-bond acceptors (Lipinski definition) is 3. The van der Waals surface area contributed by atoms with E-state index in [9.17, 15) is 5.11 Å². The van der Waals surface area contributed by atoms with E-state index in [4.69, 9.17) is 9.16 Å². The van der Waals surface area contributed by atoms with Gasteiger partial charge in [-0.25, -0.2) is 0 Å². The van der Waals surface area contributed by atoms with Gasteiger partial charge < -0.3 is 14.3 Å². The minimum absolute atomic E-state index is 0.0661. The second kappa shape index (κ2) is 9.22. The molecule has 154 valence electrons. The molecule has 0 bridgehead atoms. The molecule has 3 nitrogen and oxygen atoms in total. The van der Waals surface area contributed by atoms with Crippen LogP contribution in [0.25, 0.3) is 0 Å². The van der Waals surface area contributed by atoms with E-state index in [0.29, 0.717) is 6.61 Å². The molecular weight excluding hydrogens is 376 g/mol. The van der Waals surface area contributed by atoms with Crippen molar-refractivity contribution in [3.05, 3.63) is 85.5 Å². The molecule has 1 N–H and O–H groups in total. The van der Waals surface area contributed by atoms with Crippen LogP contribution < -0.4 is 10.4 Å². The molecule has 0 amide bonds. The molecule has 2 aromatic rings. The van der Waals surface area contributed by atoms with Gasteiger partial charge in [0.15, 0.2) is 0 Å². The zero-order valence-corrected chi connectivity index (χ0v) is 18.6. The van der Waals surface area contributed by atoms with Gasteiger partial charge in [0.2, 0.25) is 0 Å². The zero-order chi connectivity index (χ0) is 20.9. The van der Waals surface area contributed by atoms with Gasteiger partial charge in [0, 0.05) is 0 Å². The van der Waals surface area contributed by atoms with E-state index in [-0.39, 0.29) is 11.1 Å². The maximum atomic E-state index is 10.5. The zero-order valence-electron chi connectivity index (χ0n) is 17.6. The summed E-state index contributed by atoms with van der Waals surface area (Å²) in [6.45, 7) is 10.9. The van der Waals surface area contributed by atoms with Crippen LogP contribution in [0.3, 0.4) is 0 Å². The first-order chi connectivity index (χ1) is 13.9. The molecule has 1 aliphatic rings. The van der Waals surface area contributed by atoms with Crippen LogP contribution in [0.5, 0.6) is 0 Å². The fraction of sp³-hybridized carbons (Fsp3) is 0.360. The van der Waals surface area contributed by atoms with Crippen LogP contribution in [0.1, 0.15) is 27.2 Å². The molecule has 0 saturated heterocycles. The molecule has 0 aromatic heterocycles. The molecule has 0 radical (unpaired) electrons. The maximum absolute atomic E-state index is 10.5. The lowest BCUT2D eigenvalue weighted by molar-refractivity contribution is -0.0748. The van der Waals surface area contributed by atoms with Crippen LogP contribution in [-0.2, 0) is 9.16 Å². The Kier molecular flexibility index (Phi) is 6.91. The van der Waals surface area contributed by atoms with Gasteiger partial charge in [0.25, 0.3) is 8.32 Å². The predicted octanol–water partition coefficient (Wildman–Crippen LogP) is 3.82. The van der Waals surface area contributed by atoms with Crippen molar-refractivity contribution < 1.29 is 14.3 Å². The standard InChI is InChI=1S/C25H32O3Si/c1-5-12-20-17-18-23(26)24(28-20)19-27-29(25(2,3)4,21-13-8-6-9-14-21)22-15-10-7-11-16-22/h5-11,13-18,20,23-24,26H,1,12,19H2,2-4H3/t20-,23+,24-/m1/s1. The number of benzene rings is 2. The van der Waals surface area contributed by atoms with Crippen LogP contribution in [0.4, 0.5) is 0 Å². The second-order valence-electron chi connectivity index (χ2n) is 8.59. The van der Waals surface area contributed by atoms with E-state index in [1.165, 1.54) is 10.4 Å². The van der Waals surface area contributed by atoms with Crippen LogP contribution in [0.15, 0.2) is 85.5 Å². The van der Waals surface area contributed by atoms with Crippen molar-refractivity contribution in [1.82, 2.24) is 0 Å². The molecule has 0 aliphatic carbocycles. The van der Waals surface area contributed by atoms with Crippen molar-refractivity contribution in [2.24, 2.45) is 0 Å². The van der Waals surface area contributed by atoms with Gasteiger partial charge in [-0.3, -0.25) is 0 Å². The number of rotatable bonds is 7. The summed E-state index contributed by atoms with van der Waals surface area (Å²) in [4.78, 5) is 0. The normalized spacial score (nSPS) is 22.4. The molecule has 0 saturated carbocycles. The SMILES string of the molecule is C=CC[C@@H]1C=C[C@H](O)[C@@H](CO[Si](c2ccccc2)(c2ccccc2)C(C)(C)C)O1. The third-order valence-electron chi connectivity index (χ3n) is 5.53. The van der Waals surface area contributed by atoms with E-state index in [2.05, 4.69) is 75.9 Å². The summed E-state index contributed by atoms with van der Waals surface area (Å²) in [7, 11) is -2.64. The fourth-order valence-corrected chi connectivity index (χ4v) is 8.69. The highest BCUT2D eigenvalue weighted by atomic mass is 28.4. The smallest absolute Gasteiger partial charge is 0.261 e. The van der Waals surface area contributed by atoms with Crippen molar-refractivity contribution in [2.45, 2.75) is 50.5 Å². The summed E-state index contributed by atoms with van der Waals surface area (Å²) in [5.41, 5.74) is 0. The molecule has 0 spiro atoms. The monoisotopic (exact) mass is 408 g/mol. The van der Waals surface area contributed by atoms with Gasteiger partial charge in [-0.15, -0.1) is 6.58 Å². The number of aliphatic hydroxyl groups excluding tert-OH is 1. The molecule has 3 rings (SSSR count). The van der Waals surface area contributed by atoms with E-state index < -0.39 is 20.5 Å². The van der Waals surface area contributed by atoms with Crippen LogP contribution >= 0.6 is 0 Å². The Balaban J connectivity index is 1.98. The summed E-state index contributed by atoms with van der Waals surface area (Å²) >= 11 is 0. The van der Waals surface area contributed by atoms with Crippen molar-refractivity contribution in [2.75, 3.05) is 6.61 Å². The first kappa shape index (κ1) is 21.7. The molecule has 29 heavy (non-hydrogen) atoms. The Morgan fingerprint density at radius 2 is 1.55 bits per heavy atom. The first-order valence-electron chi connectivity index (χ1n) is 10.3. The highest BCUT2D eigenvalue weighted by molar-refractivity contribution is 6.99. The molecule has 3 atom stereocenters. The van der Waals surface area contributed by atoms with E-state index in [1.54, 1.807) is 0 Å². The van der Waals surface area contributed by atoms with Crippen molar-refractivity contribution >= 4 is 18.7 Å². The van der Waals surface area contributed by atoms with E-state index in [0.717, 1.165) is 6.42 Å². The third-order valence-corrected chi connectivity index (χ3v) is 10.5. The highest BCUT2D eigenvalue weighted by Crippen LogP contribution is 2.37. The molecule has 0 unspecified atom stereocenters. The van der Waals surface area contributed by atoms with Crippen molar-refractivity contribution in [1.29, 1.82) is 0 Å². The average molecular weight is 409 g/mol. The van der Waals surface area contributed by atoms with Gasteiger partial charge in [0.1, 0.15) is 12.2 Å². The lowest BCUT2D eigenvalue weighted by Crippen LogP contribution is -2.67. The van der Waals surface area contributed by atoms with E-state index >= 15 is 0 Å². The van der Waals surface area contributed by atoms with Crippen LogP contribution in [-0.4, -0.2) is 38.3 Å². The van der Waals surface area contributed by atoms with Crippen LogP contribution in [0.2, 0.25) is 5.04 Å². The molecular formula is C25H32O3Si. The van der Waals surface area contributed by atoms with Gasteiger partial charge in [-0.2, -0.15) is 0 Å². The lowest BCUT2D eigenvalue weighted by Gasteiger charge is -2.44. The minimum Gasteiger partial charge on any atom is -0.405 e. The third kappa shape index (κ3) is 4.62. The van der Waals surface area contributed by atoms with Gasteiger partial charge in [-0.05, 0) is 21.8 Å². The Morgan fingerprint density at radius 3 is 2.03 bits per heavy atom. The molecule has 2 aromatic carbocycles. The fourth-order valence-electron chi connectivity index (χ4n) is 4.12. The number of ether oxygens (including phenoxy) is 1. The average Bonchev–Trinajstić information content (AvgIpc) is 2.71. The number of hydrogen-bond donors (Lipinski definition) is 1. The van der Waals surface area contributed by atoms with Crippen molar-refractivity contribution in [3.8, 4) is 0 Å². The highest BCUT2D eigenvalue weighted by Gasteiger charge is 2.50. The summed E-state index contributed by atoms with van der Waals surface area (Å²) in [5, 5.41) is 12.8. The summed E-state index contributed by atoms with van der Waals surface area (Å²) in [6, 6.07) is 21.0. The molecule has 0 fully saturated rings. The first-order valence-corrected chi connectivity index (χ1v) is 12.2. The summed E-state index contributed by atoms with van der Waals surface area (Å²) in [6.07, 6.45) is 5.15. The quantitative estimate of drug-likeness (QED) is 0.559. The molecule has 4 heteroatoms. The largest absolute Gasteiger partial charge is 0.405 e. The topological polar surface area (TPSA) is 38.7 Å². The van der Waals surface area contributed by atoms with Gasteiger partial charge >= 0.3 is 0 Å². The minimum atomic E-state index is -2.64. The Hall–Kier alpha value is -1.98. The van der Waals surface area contributed by atoms with Crippen molar-refractivity contribution in [3.63, 3.8) is 0 Å². The predicted molar refractivity (Wildman–Crippen MR) is 122 cm³/mol. The molecule has 1 heterocycles.